The molecule has 4 rings (SSSR count). The van der Waals surface area contributed by atoms with Gasteiger partial charge in [0.2, 0.25) is 0 Å². The lowest BCUT2D eigenvalue weighted by atomic mass is 9.97. The van der Waals surface area contributed by atoms with E-state index in [2.05, 4.69) is 42.2 Å². The number of nitrogens with zero attached hydrogens (tertiary/aromatic N) is 3. The second-order valence-electron chi connectivity index (χ2n) is 7.13. The first-order valence-electron chi connectivity index (χ1n) is 9.56. The Morgan fingerprint density at radius 3 is 2.31 bits per heavy atom. The SMILES string of the molecule is CC(=Cc1c(-c2ccncc2)c(-c2ccc(F)cc2)nn1C)Cc1ccccc1. The monoisotopic (exact) mass is 383 g/mol. The number of pyridine rings is 1. The van der Waals surface area contributed by atoms with Gasteiger partial charge in [-0.25, -0.2) is 4.39 Å². The highest BCUT2D eigenvalue weighted by Crippen LogP contribution is 2.35. The zero-order valence-corrected chi connectivity index (χ0v) is 16.5. The van der Waals surface area contributed by atoms with E-state index < -0.39 is 0 Å². The number of aryl methyl sites for hydroxylation is 1. The summed E-state index contributed by atoms with van der Waals surface area (Å²) in [6, 6.07) is 20.8. The third-order valence-corrected chi connectivity index (χ3v) is 4.89. The Morgan fingerprint density at radius 2 is 1.62 bits per heavy atom. The number of rotatable bonds is 5. The normalized spacial score (nSPS) is 11.6. The Balaban J connectivity index is 1.83. The maximum Gasteiger partial charge on any atom is 0.123 e. The molecule has 2 aromatic heterocycles. The van der Waals surface area contributed by atoms with E-state index in [0.717, 1.165) is 34.5 Å². The minimum Gasteiger partial charge on any atom is -0.267 e. The van der Waals surface area contributed by atoms with E-state index in [0.29, 0.717) is 0 Å². The number of allylic oxidation sites excluding steroid dienone is 1. The van der Waals surface area contributed by atoms with Crippen LogP contribution in [0.3, 0.4) is 0 Å². The summed E-state index contributed by atoms with van der Waals surface area (Å²) in [5.74, 6) is -0.256. The predicted octanol–water partition coefficient (Wildman–Crippen LogP) is 5.93. The third kappa shape index (κ3) is 4.16. The molecule has 0 N–H and O–H groups in total. The van der Waals surface area contributed by atoms with Gasteiger partial charge in [-0.3, -0.25) is 9.67 Å². The minimum absolute atomic E-state index is 0.256. The van der Waals surface area contributed by atoms with Gasteiger partial charge in [0.15, 0.2) is 0 Å². The van der Waals surface area contributed by atoms with Crippen molar-refractivity contribution in [1.82, 2.24) is 14.8 Å². The molecule has 0 spiro atoms. The van der Waals surface area contributed by atoms with E-state index in [-0.39, 0.29) is 5.82 Å². The number of benzene rings is 2. The molecule has 4 aromatic rings. The van der Waals surface area contributed by atoms with E-state index in [1.807, 2.05) is 29.9 Å². The Hall–Kier alpha value is -3.53. The molecule has 0 fully saturated rings. The second-order valence-corrected chi connectivity index (χ2v) is 7.13. The molecule has 2 heterocycles. The lowest BCUT2D eigenvalue weighted by Crippen LogP contribution is -1.95. The third-order valence-electron chi connectivity index (χ3n) is 4.89. The summed E-state index contributed by atoms with van der Waals surface area (Å²) in [6.45, 7) is 2.13. The zero-order valence-electron chi connectivity index (χ0n) is 16.5. The van der Waals surface area contributed by atoms with Crippen LogP contribution in [0.25, 0.3) is 28.5 Å². The van der Waals surface area contributed by atoms with Crippen LogP contribution in [-0.4, -0.2) is 14.8 Å². The van der Waals surface area contributed by atoms with Crippen molar-refractivity contribution in [3.8, 4) is 22.4 Å². The largest absolute Gasteiger partial charge is 0.267 e. The van der Waals surface area contributed by atoms with Gasteiger partial charge in [0.05, 0.1) is 5.69 Å². The van der Waals surface area contributed by atoms with Crippen molar-refractivity contribution in [3.63, 3.8) is 0 Å². The molecular weight excluding hydrogens is 361 g/mol. The molecule has 0 saturated heterocycles. The van der Waals surface area contributed by atoms with Gasteiger partial charge in [0.1, 0.15) is 11.5 Å². The van der Waals surface area contributed by atoms with Crippen LogP contribution in [0, 0.1) is 5.82 Å². The van der Waals surface area contributed by atoms with Gasteiger partial charge in [-0.15, -0.1) is 0 Å². The fourth-order valence-electron chi connectivity index (χ4n) is 3.52. The van der Waals surface area contributed by atoms with E-state index in [1.165, 1.54) is 23.3 Å². The first-order chi connectivity index (χ1) is 14.1. The molecule has 0 saturated carbocycles. The minimum atomic E-state index is -0.256. The number of hydrogen-bond acceptors (Lipinski definition) is 2. The smallest absolute Gasteiger partial charge is 0.123 e. The summed E-state index contributed by atoms with van der Waals surface area (Å²) >= 11 is 0. The van der Waals surface area contributed by atoms with Crippen molar-refractivity contribution in [2.24, 2.45) is 7.05 Å². The summed E-state index contributed by atoms with van der Waals surface area (Å²) < 4.78 is 15.3. The van der Waals surface area contributed by atoms with E-state index in [4.69, 9.17) is 5.10 Å². The molecule has 0 radical (unpaired) electrons. The van der Waals surface area contributed by atoms with E-state index >= 15 is 0 Å². The van der Waals surface area contributed by atoms with Crippen LogP contribution in [0.2, 0.25) is 0 Å². The maximum atomic E-state index is 13.4. The standard InChI is InChI=1S/C25H22FN3/c1-18(16-19-6-4-3-5-7-19)17-23-24(20-12-14-27-15-13-20)25(28-29(23)2)21-8-10-22(26)11-9-21/h3-15,17H,16H2,1-2H3. The lowest BCUT2D eigenvalue weighted by Gasteiger charge is -2.07. The topological polar surface area (TPSA) is 30.7 Å². The van der Waals surface area contributed by atoms with Crippen molar-refractivity contribution < 1.29 is 4.39 Å². The van der Waals surface area contributed by atoms with Crippen LogP contribution in [0.1, 0.15) is 18.2 Å². The van der Waals surface area contributed by atoms with E-state index in [1.54, 1.807) is 24.5 Å². The predicted molar refractivity (Wildman–Crippen MR) is 116 cm³/mol. The Bertz CT molecular complexity index is 1130. The van der Waals surface area contributed by atoms with Gasteiger partial charge in [-0.1, -0.05) is 35.9 Å². The summed E-state index contributed by atoms with van der Waals surface area (Å²) in [5.41, 5.74) is 7.29. The highest BCUT2D eigenvalue weighted by molar-refractivity contribution is 5.86. The van der Waals surface area contributed by atoms with Gasteiger partial charge in [0, 0.05) is 30.6 Å². The average Bonchev–Trinajstić information content (AvgIpc) is 3.06. The second kappa shape index (κ2) is 8.23. The Kier molecular flexibility index (Phi) is 5.34. The molecule has 2 aromatic carbocycles. The number of halogens is 1. The van der Waals surface area contributed by atoms with Crippen molar-refractivity contribution in [2.75, 3.05) is 0 Å². The molecule has 0 amide bonds. The molecule has 0 aliphatic heterocycles. The number of hydrogen-bond donors (Lipinski definition) is 0. The van der Waals surface area contributed by atoms with Crippen molar-refractivity contribution in [3.05, 3.63) is 102 Å². The van der Waals surface area contributed by atoms with Gasteiger partial charge in [-0.05, 0) is 66.9 Å². The highest BCUT2D eigenvalue weighted by Gasteiger charge is 2.18. The molecule has 0 unspecified atom stereocenters. The Morgan fingerprint density at radius 1 is 0.931 bits per heavy atom. The molecule has 0 aliphatic rings. The summed E-state index contributed by atoms with van der Waals surface area (Å²) in [7, 11) is 1.94. The fraction of sp³-hybridized carbons (Fsp3) is 0.120. The first kappa shape index (κ1) is 18.8. The molecule has 3 nitrogen and oxygen atoms in total. The molecule has 144 valence electrons. The zero-order chi connectivity index (χ0) is 20.2. The molecule has 0 aliphatic carbocycles. The van der Waals surface area contributed by atoms with Crippen LogP contribution in [0.15, 0.2) is 84.7 Å². The summed E-state index contributed by atoms with van der Waals surface area (Å²) in [6.07, 6.45) is 6.61. The van der Waals surface area contributed by atoms with Crippen LogP contribution >= 0.6 is 0 Å². The molecule has 29 heavy (non-hydrogen) atoms. The maximum absolute atomic E-state index is 13.4. The molecule has 4 heteroatoms. The number of aromatic nitrogens is 3. The lowest BCUT2D eigenvalue weighted by molar-refractivity contribution is 0.628. The van der Waals surface area contributed by atoms with Crippen molar-refractivity contribution in [1.29, 1.82) is 0 Å². The van der Waals surface area contributed by atoms with Gasteiger partial charge >= 0.3 is 0 Å². The van der Waals surface area contributed by atoms with Gasteiger partial charge < -0.3 is 0 Å². The fourth-order valence-corrected chi connectivity index (χ4v) is 3.52. The Labute approximate surface area is 170 Å². The van der Waals surface area contributed by atoms with Crippen LogP contribution in [0.4, 0.5) is 4.39 Å². The average molecular weight is 383 g/mol. The first-order valence-corrected chi connectivity index (χ1v) is 9.56. The van der Waals surface area contributed by atoms with Gasteiger partial charge in [-0.2, -0.15) is 5.10 Å². The molecule has 0 bridgehead atoms. The molecule has 0 atom stereocenters. The van der Waals surface area contributed by atoms with Crippen LogP contribution < -0.4 is 0 Å². The molecular formula is C25H22FN3. The summed E-state index contributed by atoms with van der Waals surface area (Å²) in [4.78, 5) is 4.15. The van der Waals surface area contributed by atoms with Crippen LogP contribution in [0.5, 0.6) is 0 Å². The quantitative estimate of drug-likeness (QED) is 0.427. The van der Waals surface area contributed by atoms with Gasteiger partial charge in [0.25, 0.3) is 0 Å². The van der Waals surface area contributed by atoms with Crippen LogP contribution in [-0.2, 0) is 13.5 Å². The highest BCUT2D eigenvalue weighted by atomic mass is 19.1. The van der Waals surface area contributed by atoms with Crippen molar-refractivity contribution in [2.45, 2.75) is 13.3 Å². The summed E-state index contributed by atoms with van der Waals surface area (Å²) in [5, 5.41) is 4.78. The van der Waals surface area contributed by atoms with E-state index in [9.17, 15) is 4.39 Å². The van der Waals surface area contributed by atoms with Crippen molar-refractivity contribution >= 4 is 6.08 Å².